The Morgan fingerprint density at radius 3 is 2.36 bits per heavy atom. The van der Waals surface area contributed by atoms with Crippen LogP contribution in [0.3, 0.4) is 0 Å². The predicted octanol–water partition coefficient (Wildman–Crippen LogP) is 1.21. The SMILES string of the molecule is Cc1c(CC(C)C)[nH][nH]c1=O. The zero-order valence-corrected chi connectivity index (χ0v) is 7.19. The lowest BCUT2D eigenvalue weighted by Gasteiger charge is -2.01. The van der Waals surface area contributed by atoms with Gasteiger partial charge in [0, 0.05) is 11.3 Å². The summed E-state index contributed by atoms with van der Waals surface area (Å²) in [6, 6.07) is 0. The molecule has 11 heavy (non-hydrogen) atoms. The highest BCUT2D eigenvalue weighted by Crippen LogP contribution is 2.05. The maximum Gasteiger partial charge on any atom is 0.267 e. The lowest BCUT2D eigenvalue weighted by atomic mass is 10.1. The van der Waals surface area contributed by atoms with E-state index in [4.69, 9.17) is 0 Å². The van der Waals surface area contributed by atoms with Crippen LogP contribution in [0.1, 0.15) is 25.1 Å². The Bertz CT molecular complexity index is 283. The van der Waals surface area contributed by atoms with Gasteiger partial charge in [-0.05, 0) is 19.3 Å². The number of rotatable bonds is 2. The van der Waals surface area contributed by atoms with Crippen molar-refractivity contribution < 1.29 is 0 Å². The molecular formula is C8H14N2O. The summed E-state index contributed by atoms with van der Waals surface area (Å²) in [5, 5.41) is 5.43. The van der Waals surface area contributed by atoms with E-state index in [9.17, 15) is 4.79 Å². The fraction of sp³-hybridized carbons (Fsp3) is 0.625. The quantitative estimate of drug-likeness (QED) is 0.661. The highest BCUT2D eigenvalue weighted by molar-refractivity contribution is 5.14. The minimum absolute atomic E-state index is 0.000602. The van der Waals surface area contributed by atoms with E-state index in [0.29, 0.717) is 5.92 Å². The molecule has 0 aliphatic carbocycles. The van der Waals surface area contributed by atoms with Crippen molar-refractivity contribution >= 4 is 0 Å². The third-order valence-corrected chi connectivity index (χ3v) is 1.73. The average Bonchev–Trinajstić information content (AvgIpc) is 2.18. The third-order valence-electron chi connectivity index (χ3n) is 1.73. The second-order valence-corrected chi connectivity index (χ2v) is 3.28. The highest BCUT2D eigenvalue weighted by Gasteiger charge is 2.05. The van der Waals surface area contributed by atoms with Crippen LogP contribution in [-0.2, 0) is 6.42 Å². The molecule has 0 amide bonds. The number of nitrogens with one attached hydrogen (secondary N) is 2. The van der Waals surface area contributed by atoms with Crippen molar-refractivity contribution in [1.82, 2.24) is 10.2 Å². The van der Waals surface area contributed by atoms with Crippen LogP contribution in [-0.4, -0.2) is 10.2 Å². The fourth-order valence-corrected chi connectivity index (χ4v) is 1.07. The maximum atomic E-state index is 10.9. The molecule has 62 valence electrons. The summed E-state index contributed by atoms with van der Waals surface area (Å²) >= 11 is 0. The highest BCUT2D eigenvalue weighted by atomic mass is 16.1. The van der Waals surface area contributed by atoms with Gasteiger partial charge >= 0.3 is 0 Å². The topological polar surface area (TPSA) is 48.6 Å². The molecular weight excluding hydrogens is 140 g/mol. The van der Waals surface area contributed by atoms with Crippen LogP contribution in [0, 0.1) is 12.8 Å². The van der Waals surface area contributed by atoms with Crippen molar-refractivity contribution in [2.45, 2.75) is 27.2 Å². The molecule has 1 aromatic rings. The summed E-state index contributed by atoms with van der Waals surface area (Å²) < 4.78 is 0. The Balaban J connectivity index is 2.87. The van der Waals surface area contributed by atoms with Crippen LogP contribution < -0.4 is 5.56 Å². The minimum Gasteiger partial charge on any atom is -0.302 e. The minimum atomic E-state index is 0.000602. The predicted molar refractivity (Wildman–Crippen MR) is 44.7 cm³/mol. The molecule has 0 aromatic carbocycles. The molecule has 0 bridgehead atoms. The van der Waals surface area contributed by atoms with Gasteiger partial charge in [0.25, 0.3) is 5.56 Å². The van der Waals surface area contributed by atoms with E-state index < -0.39 is 0 Å². The summed E-state index contributed by atoms with van der Waals surface area (Å²) in [7, 11) is 0. The van der Waals surface area contributed by atoms with E-state index in [1.807, 2.05) is 6.92 Å². The Morgan fingerprint density at radius 1 is 1.36 bits per heavy atom. The van der Waals surface area contributed by atoms with Gasteiger partial charge in [0.1, 0.15) is 0 Å². The molecule has 0 aliphatic rings. The lowest BCUT2D eigenvalue weighted by molar-refractivity contribution is 0.631. The van der Waals surface area contributed by atoms with Crippen LogP contribution >= 0.6 is 0 Å². The van der Waals surface area contributed by atoms with E-state index >= 15 is 0 Å². The van der Waals surface area contributed by atoms with Gasteiger partial charge in [0.15, 0.2) is 0 Å². The second kappa shape index (κ2) is 2.95. The molecule has 1 heterocycles. The van der Waals surface area contributed by atoms with Gasteiger partial charge in [0.2, 0.25) is 0 Å². The number of H-pyrrole nitrogens is 2. The molecule has 1 rings (SSSR count). The summed E-state index contributed by atoms with van der Waals surface area (Å²) in [5.74, 6) is 0.583. The first-order valence-electron chi connectivity index (χ1n) is 3.87. The molecule has 0 radical (unpaired) electrons. The first-order valence-corrected chi connectivity index (χ1v) is 3.87. The number of hydrogen-bond acceptors (Lipinski definition) is 1. The standard InChI is InChI=1S/C8H14N2O/c1-5(2)4-7-6(3)8(11)10-9-7/h5H,4H2,1-3H3,(H2,9,10,11). The monoisotopic (exact) mass is 154 g/mol. The van der Waals surface area contributed by atoms with Gasteiger partial charge in [-0.15, -0.1) is 0 Å². The third kappa shape index (κ3) is 1.73. The van der Waals surface area contributed by atoms with Crippen molar-refractivity contribution in [3.8, 4) is 0 Å². The van der Waals surface area contributed by atoms with Gasteiger partial charge in [-0.25, -0.2) is 0 Å². The average molecular weight is 154 g/mol. The van der Waals surface area contributed by atoms with E-state index in [1.165, 1.54) is 0 Å². The van der Waals surface area contributed by atoms with Crippen LogP contribution in [0.15, 0.2) is 4.79 Å². The Labute approximate surface area is 65.8 Å². The molecule has 0 saturated carbocycles. The largest absolute Gasteiger partial charge is 0.302 e. The molecule has 2 N–H and O–H groups in total. The molecule has 1 aromatic heterocycles. The normalized spacial score (nSPS) is 10.9. The van der Waals surface area contributed by atoms with Crippen molar-refractivity contribution in [1.29, 1.82) is 0 Å². The molecule has 0 spiro atoms. The smallest absolute Gasteiger partial charge is 0.267 e. The number of aromatic nitrogens is 2. The van der Waals surface area contributed by atoms with Gasteiger partial charge in [-0.2, -0.15) is 0 Å². The number of hydrogen-bond donors (Lipinski definition) is 2. The molecule has 0 unspecified atom stereocenters. The van der Waals surface area contributed by atoms with Crippen LogP contribution in [0.4, 0.5) is 0 Å². The summed E-state index contributed by atoms with van der Waals surface area (Å²) in [5.41, 5.74) is 1.85. The van der Waals surface area contributed by atoms with Crippen molar-refractivity contribution in [2.75, 3.05) is 0 Å². The van der Waals surface area contributed by atoms with Crippen LogP contribution in [0.2, 0.25) is 0 Å². The molecule has 0 fully saturated rings. The Morgan fingerprint density at radius 2 is 2.00 bits per heavy atom. The van der Waals surface area contributed by atoms with Crippen LogP contribution in [0.5, 0.6) is 0 Å². The maximum absolute atomic E-state index is 10.9. The van der Waals surface area contributed by atoms with Crippen molar-refractivity contribution in [3.05, 3.63) is 21.6 Å². The van der Waals surface area contributed by atoms with Gasteiger partial charge in [-0.1, -0.05) is 13.8 Å². The zero-order valence-electron chi connectivity index (χ0n) is 7.19. The second-order valence-electron chi connectivity index (χ2n) is 3.28. The van der Waals surface area contributed by atoms with Gasteiger partial charge in [-0.3, -0.25) is 9.89 Å². The molecule has 0 aliphatic heterocycles. The molecule has 3 nitrogen and oxygen atoms in total. The Kier molecular flexibility index (Phi) is 2.17. The summed E-state index contributed by atoms with van der Waals surface area (Å²) in [6.45, 7) is 6.10. The lowest BCUT2D eigenvalue weighted by Crippen LogP contribution is -2.02. The molecule has 0 saturated heterocycles. The molecule has 0 atom stereocenters. The summed E-state index contributed by atoms with van der Waals surface area (Å²) in [6.07, 6.45) is 0.935. The van der Waals surface area contributed by atoms with E-state index in [-0.39, 0.29) is 5.56 Å². The van der Waals surface area contributed by atoms with Crippen molar-refractivity contribution in [2.24, 2.45) is 5.92 Å². The Hall–Kier alpha value is -0.990. The number of aromatic amines is 2. The van der Waals surface area contributed by atoms with Gasteiger partial charge in [0.05, 0.1) is 0 Å². The van der Waals surface area contributed by atoms with Crippen LogP contribution in [0.25, 0.3) is 0 Å². The fourth-order valence-electron chi connectivity index (χ4n) is 1.07. The van der Waals surface area contributed by atoms with E-state index in [1.54, 1.807) is 0 Å². The van der Waals surface area contributed by atoms with E-state index in [0.717, 1.165) is 17.7 Å². The first kappa shape index (κ1) is 8.11. The first-order chi connectivity index (χ1) is 5.11. The zero-order chi connectivity index (χ0) is 8.43. The van der Waals surface area contributed by atoms with E-state index in [2.05, 4.69) is 24.0 Å². The molecule has 3 heteroatoms. The van der Waals surface area contributed by atoms with Crippen molar-refractivity contribution in [3.63, 3.8) is 0 Å². The summed E-state index contributed by atoms with van der Waals surface area (Å²) in [4.78, 5) is 10.9. The van der Waals surface area contributed by atoms with Gasteiger partial charge < -0.3 is 5.10 Å².